The standard InChI is InChI=1S/C10H13FN6O3/c11-4-3(1-18)20-9(6(4)19)17-2-14-5-7(12)15-10(13)16-8(5)17/h2-4,6,9,18-19H,1H2,(H4,12,13,15,16)/t3-,4?,6+,9-/m1/s1. The number of ether oxygens (including phenoxy) is 1. The fourth-order valence-corrected chi connectivity index (χ4v) is 2.23. The SMILES string of the molecule is Nc1nc(N)c2ncn([C@@H]3O[C@H](CO)C(F)[C@@H]3O)c2n1. The van der Waals surface area contributed by atoms with Gasteiger partial charge in [-0.1, -0.05) is 0 Å². The molecule has 0 aromatic carbocycles. The Labute approximate surface area is 112 Å². The third-order valence-corrected chi connectivity index (χ3v) is 3.21. The van der Waals surface area contributed by atoms with E-state index in [1.54, 1.807) is 0 Å². The van der Waals surface area contributed by atoms with Gasteiger partial charge >= 0.3 is 0 Å². The van der Waals surface area contributed by atoms with Crippen molar-refractivity contribution in [3.05, 3.63) is 6.33 Å². The van der Waals surface area contributed by atoms with E-state index in [2.05, 4.69) is 15.0 Å². The van der Waals surface area contributed by atoms with E-state index in [1.165, 1.54) is 10.9 Å². The summed E-state index contributed by atoms with van der Waals surface area (Å²) in [6, 6.07) is 0. The number of hydrogen-bond acceptors (Lipinski definition) is 8. The van der Waals surface area contributed by atoms with Crippen molar-refractivity contribution >= 4 is 22.9 Å². The minimum atomic E-state index is -1.71. The van der Waals surface area contributed by atoms with E-state index in [0.29, 0.717) is 0 Å². The van der Waals surface area contributed by atoms with Crippen LogP contribution in [0.25, 0.3) is 11.2 Å². The van der Waals surface area contributed by atoms with Gasteiger partial charge in [-0.05, 0) is 0 Å². The fraction of sp³-hybridized carbons (Fsp3) is 0.500. The molecule has 1 saturated heterocycles. The first-order valence-corrected chi connectivity index (χ1v) is 5.87. The van der Waals surface area contributed by atoms with Crippen molar-refractivity contribution in [3.8, 4) is 0 Å². The number of aromatic nitrogens is 4. The van der Waals surface area contributed by atoms with Crippen molar-refractivity contribution in [1.29, 1.82) is 0 Å². The molecule has 0 bridgehead atoms. The predicted molar refractivity (Wildman–Crippen MR) is 66.0 cm³/mol. The lowest BCUT2D eigenvalue weighted by Gasteiger charge is -2.16. The first-order valence-electron chi connectivity index (χ1n) is 5.87. The molecule has 2 aromatic heterocycles. The number of nitrogens with zero attached hydrogens (tertiary/aromatic N) is 4. The number of imidazole rings is 1. The van der Waals surface area contributed by atoms with Gasteiger partial charge in [-0.15, -0.1) is 0 Å². The maximum atomic E-state index is 13.7. The lowest BCUT2D eigenvalue weighted by molar-refractivity contribution is -0.0495. The third-order valence-electron chi connectivity index (χ3n) is 3.21. The molecule has 4 atom stereocenters. The number of rotatable bonds is 2. The normalized spacial score (nSPS) is 30.1. The second-order valence-electron chi connectivity index (χ2n) is 4.47. The van der Waals surface area contributed by atoms with E-state index in [1.807, 2.05) is 0 Å². The summed E-state index contributed by atoms with van der Waals surface area (Å²) < 4.78 is 20.3. The number of fused-ring (bicyclic) bond motifs is 1. The molecular formula is C10H13FN6O3. The van der Waals surface area contributed by atoms with E-state index < -0.39 is 31.2 Å². The van der Waals surface area contributed by atoms with E-state index in [4.69, 9.17) is 21.3 Å². The molecule has 10 heteroatoms. The molecule has 1 aliphatic rings. The zero-order valence-electron chi connectivity index (χ0n) is 10.2. The highest BCUT2D eigenvalue weighted by molar-refractivity contribution is 5.82. The molecule has 2 aromatic rings. The average Bonchev–Trinajstić information content (AvgIpc) is 2.93. The summed E-state index contributed by atoms with van der Waals surface area (Å²) in [6.45, 7) is -0.541. The molecule has 20 heavy (non-hydrogen) atoms. The molecule has 6 N–H and O–H groups in total. The maximum absolute atomic E-state index is 13.7. The summed E-state index contributed by atoms with van der Waals surface area (Å²) in [6.07, 6.45) is -4.04. The zero-order valence-corrected chi connectivity index (χ0v) is 10.2. The molecule has 3 rings (SSSR count). The van der Waals surface area contributed by atoms with Gasteiger partial charge in [0.05, 0.1) is 12.9 Å². The van der Waals surface area contributed by atoms with E-state index >= 15 is 0 Å². The molecule has 1 fully saturated rings. The Kier molecular flexibility index (Phi) is 2.92. The fourth-order valence-electron chi connectivity index (χ4n) is 2.23. The van der Waals surface area contributed by atoms with Crippen LogP contribution in [-0.2, 0) is 4.74 Å². The number of aliphatic hydroxyl groups excluding tert-OH is 2. The number of anilines is 2. The van der Waals surface area contributed by atoms with Crippen molar-refractivity contribution < 1.29 is 19.3 Å². The molecule has 9 nitrogen and oxygen atoms in total. The Bertz CT molecular complexity index is 649. The van der Waals surface area contributed by atoms with Crippen LogP contribution in [0.1, 0.15) is 6.23 Å². The summed E-state index contributed by atoms with van der Waals surface area (Å²) in [5.41, 5.74) is 11.7. The highest BCUT2D eigenvalue weighted by Crippen LogP contribution is 2.33. The van der Waals surface area contributed by atoms with Crippen LogP contribution in [0.2, 0.25) is 0 Å². The third kappa shape index (κ3) is 1.77. The van der Waals surface area contributed by atoms with Crippen LogP contribution in [0.3, 0.4) is 0 Å². The van der Waals surface area contributed by atoms with Crippen LogP contribution in [0.4, 0.5) is 16.2 Å². The molecule has 1 unspecified atom stereocenters. The number of halogens is 1. The zero-order chi connectivity index (χ0) is 14.4. The van der Waals surface area contributed by atoms with Gasteiger partial charge in [-0.2, -0.15) is 9.97 Å². The highest BCUT2D eigenvalue weighted by Gasteiger charge is 2.45. The average molecular weight is 284 g/mol. The van der Waals surface area contributed by atoms with Crippen LogP contribution < -0.4 is 11.5 Å². The van der Waals surface area contributed by atoms with Gasteiger partial charge in [0.15, 0.2) is 23.9 Å². The molecule has 0 saturated carbocycles. The van der Waals surface area contributed by atoms with Crippen molar-refractivity contribution in [1.82, 2.24) is 19.5 Å². The van der Waals surface area contributed by atoms with E-state index in [0.717, 1.165) is 0 Å². The van der Waals surface area contributed by atoms with Crippen LogP contribution in [0.5, 0.6) is 0 Å². The first kappa shape index (κ1) is 13.0. The van der Waals surface area contributed by atoms with Crippen LogP contribution >= 0.6 is 0 Å². The van der Waals surface area contributed by atoms with Gasteiger partial charge in [0.25, 0.3) is 0 Å². The lowest BCUT2D eigenvalue weighted by Crippen LogP contribution is -2.29. The highest BCUT2D eigenvalue weighted by atomic mass is 19.1. The minimum Gasteiger partial charge on any atom is -0.394 e. The smallest absolute Gasteiger partial charge is 0.224 e. The summed E-state index contributed by atoms with van der Waals surface area (Å²) in [7, 11) is 0. The maximum Gasteiger partial charge on any atom is 0.224 e. The predicted octanol–water partition coefficient (Wildman–Crippen LogP) is -1.42. The van der Waals surface area contributed by atoms with Gasteiger partial charge in [-0.3, -0.25) is 4.57 Å². The molecule has 0 radical (unpaired) electrons. The van der Waals surface area contributed by atoms with E-state index in [-0.39, 0.29) is 22.9 Å². The van der Waals surface area contributed by atoms with Crippen molar-refractivity contribution in [2.75, 3.05) is 18.1 Å². The first-order chi connectivity index (χ1) is 9.52. The molecule has 0 spiro atoms. The quantitative estimate of drug-likeness (QED) is 0.525. The van der Waals surface area contributed by atoms with Crippen LogP contribution in [0, 0.1) is 0 Å². The number of aliphatic hydroxyl groups is 2. The lowest BCUT2D eigenvalue weighted by atomic mass is 10.1. The topological polar surface area (TPSA) is 145 Å². The number of hydrogen-bond donors (Lipinski definition) is 4. The van der Waals surface area contributed by atoms with Gasteiger partial charge < -0.3 is 26.4 Å². The van der Waals surface area contributed by atoms with E-state index in [9.17, 15) is 9.50 Å². The Hall–Kier alpha value is -2.04. The molecular weight excluding hydrogens is 271 g/mol. The van der Waals surface area contributed by atoms with Crippen molar-refractivity contribution in [2.45, 2.75) is 24.6 Å². The van der Waals surface area contributed by atoms with Crippen LogP contribution in [0.15, 0.2) is 6.33 Å². The largest absolute Gasteiger partial charge is 0.394 e. The summed E-state index contributed by atoms with van der Waals surface area (Å²) in [5.74, 6) is 0.00832. The minimum absolute atomic E-state index is 0.0697. The summed E-state index contributed by atoms with van der Waals surface area (Å²) in [5, 5.41) is 18.9. The second-order valence-corrected chi connectivity index (χ2v) is 4.47. The Morgan fingerprint density at radius 1 is 1.40 bits per heavy atom. The molecule has 0 amide bonds. The van der Waals surface area contributed by atoms with Gasteiger partial charge in [0.1, 0.15) is 17.7 Å². The van der Waals surface area contributed by atoms with Crippen molar-refractivity contribution in [2.24, 2.45) is 0 Å². The summed E-state index contributed by atoms with van der Waals surface area (Å²) in [4.78, 5) is 11.7. The van der Waals surface area contributed by atoms with Crippen LogP contribution in [-0.4, -0.2) is 54.7 Å². The van der Waals surface area contributed by atoms with Gasteiger partial charge in [-0.25, -0.2) is 9.37 Å². The molecule has 3 heterocycles. The molecule has 1 aliphatic heterocycles. The number of nitrogens with two attached hydrogens (primary N) is 2. The monoisotopic (exact) mass is 284 g/mol. The number of alkyl halides is 1. The molecule has 0 aliphatic carbocycles. The number of nitrogen functional groups attached to an aromatic ring is 2. The van der Waals surface area contributed by atoms with Gasteiger partial charge in [0, 0.05) is 0 Å². The Morgan fingerprint density at radius 2 is 2.15 bits per heavy atom. The van der Waals surface area contributed by atoms with Crippen molar-refractivity contribution in [3.63, 3.8) is 0 Å². The molecule has 108 valence electrons. The Morgan fingerprint density at radius 3 is 2.80 bits per heavy atom. The Balaban J connectivity index is 2.07. The summed E-state index contributed by atoms with van der Waals surface area (Å²) >= 11 is 0. The van der Waals surface area contributed by atoms with Gasteiger partial charge in [0.2, 0.25) is 5.95 Å². The second kappa shape index (κ2) is 4.51.